The summed E-state index contributed by atoms with van der Waals surface area (Å²) in [6, 6.07) is 12.7. The Bertz CT molecular complexity index is 419. The van der Waals surface area contributed by atoms with Crippen LogP contribution < -0.4 is 0 Å². The van der Waals surface area contributed by atoms with Gasteiger partial charge in [0.1, 0.15) is 0 Å². The first-order chi connectivity index (χ1) is 8.24. The number of hydrogen-bond donors (Lipinski definition) is 0. The van der Waals surface area contributed by atoms with Gasteiger partial charge in [-0.3, -0.25) is 4.98 Å². The van der Waals surface area contributed by atoms with Crippen LogP contribution in [0.3, 0.4) is 0 Å². The summed E-state index contributed by atoms with van der Waals surface area (Å²) in [5, 5.41) is 0. The van der Waals surface area contributed by atoms with Gasteiger partial charge in [-0.25, -0.2) is 0 Å². The van der Waals surface area contributed by atoms with Crippen molar-refractivity contribution in [3.63, 3.8) is 0 Å². The van der Waals surface area contributed by atoms with E-state index in [9.17, 15) is 0 Å². The molecule has 1 nitrogen and oxygen atoms in total. The molecule has 0 aliphatic rings. The average Bonchev–Trinajstić information content (AvgIpc) is 2.34. The van der Waals surface area contributed by atoms with Crippen molar-refractivity contribution in [2.75, 3.05) is 5.75 Å². The zero-order valence-corrected chi connectivity index (χ0v) is 12.1. The smallest absolute Gasteiger partial charge is 0.0372 e. The van der Waals surface area contributed by atoms with E-state index in [0.29, 0.717) is 0 Å². The van der Waals surface area contributed by atoms with Crippen LogP contribution >= 0.6 is 27.7 Å². The van der Waals surface area contributed by atoms with Gasteiger partial charge in [-0.1, -0.05) is 22.0 Å². The maximum absolute atomic E-state index is 4.30. The maximum atomic E-state index is 4.30. The van der Waals surface area contributed by atoms with Crippen molar-refractivity contribution < 1.29 is 0 Å². The summed E-state index contributed by atoms with van der Waals surface area (Å²) in [5.41, 5.74) is 2.38. The summed E-state index contributed by atoms with van der Waals surface area (Å²) in [5.74, 6) is 1.09. The van der Waals surface area contributed by atoms with E-state index in [1.807, 2.05) is 24.9 Å². The van der Waals surface area contributed by atoms with E-state index in [2.05, 4.69) is 57.3 Å². The number of benzene rings is 1. The highest BCUT2D eigenvalue weighted by Crippen LogP contribution is 2.21. The highest BCUT2D eigenvalue weighted by Gasteiger charge is 1.97. The second kappa shape index (κ2) is 6.22. The highest BCUT2D eigenvalue weighted by atomic mass is 79.9. The molecule has 0 saturated heterocycles. The SMILES string of the molecule is Cc1ccc(CCSc2ccc(Br)cc2)cn1. The Morgan fingerprint density at radius 1 is 1.12 bits per heavy atom. The lowest BCUT2D eigenvalue weighted by Gasteiger charge is -2.02. The third-order valence-electron chi connectivity index (χ3n) is 2.45. The lowest BCUT2D eigenvalue weighted by atomic mass is 10.2. The van der Waals surface area contributed by atoms with Gasteiger partial charge in [-0.15, -0.1) is 11.8 Å². The Balaban J connectivity index is 1.83. The summed E-state index contributed by atoms with van der Waals surface area (Å²) in [6.07, 6.45) is 3.03. The molecule has 1 heterocycles. The maximum Gasteiger partial charge on any atom is 0.0372 e. The third kappa shape index (κ3) is 4.17. The Kier molecular flexibility index (Phi) is 4.63. The van der Waals surface area contributed by atoms with Crippen LogP contribution in [0.1, 0.15) is 11.3 Å². The van der Waals surface area contributed by atoms with E-state index in [4.69, 9.17) is 0 Å². The van der Waals surface area contributed by atoms with Gasteiger partial charge in [0.25, 0.3) is 0 Å². The molecule has 1 aromatic carbocycles. The Labute approximate surface area is 115 Å². The fourth-order valence-electron chi connectivity index (χ4n) is 1.46. The fourth-order valence-corrected chi connectivity index (χ4v) is 2.63. The second-order valence-corrected chi connectivity index (χ2v) is 5.94. The van der Waals surface area contributed by atoms with Crippen molar-refractivity contribution in [1.29, 1.82) is 0 Å². The van der Waals surface area contributed by atoms with Crippen LogP contribution in [-0.2, 0) is 6.42 Å². The minimum atomic E-state index is 1.06. The van der Waals surface area contributed by atoms with Gasteiger partial charge in [0.15, 0.2) is 0 Å². The molecule has 0 bridgehead atoms. The molecular formula is C14H14BrNS. The number of thioether (sulfide) groups is 1. The van der Waals surface area contributed by atoms with Crippen LogP contribution in [-0.4, -0.2) is 10.7 Å². The van der Waals surface area contributed by atoms with E-state index in [-0.39, 0.29) is 0 Å². The number of pyridine rings is 1. The first-order valence-corrected chi connectivity index (χ1v) is 7.32. The van der Waals surface area contributed by atoms with Crippen molar-refractivity contribution >= 4 is 27.7 Å². The predicted octanol–water partition coefficient (Wildman–Crippen LogP) is 4.49. The summed E-state index contributed by atoms with van der Waals surface area (Å²) < 4.78 is 1.13. The second-order valence-electron chi connectivity index (χ2n) is 3.86. The molecule has 0 saturated carbocycles. The van der Waals surface area contributed by atoms with E-state index < -0.39 is 0 Å². The normalized spacial score (nSPS) is 10.5. The Hall–Kier alpha value is -0.800. The summed E-state index contributed by atoms with van der Waals surface area (Å²) in [6.45, 7) is 2.01. The molecule has 0 unspecified atom stereocenters. The molecule has 0 aliphatic carbocycles. The van der Waals surface area contributed by atoms with E-state index in [1.54, 1.807) is 0 Å². The number of aromatic nitrogens is 1. The van der Waals surface area contributed by atoms with E-state index >= 15 is 0 Å². The fraction of sp³-hybridized carbons (Fsp3) is 0.214. The number of aryl methyl sites for hydroxylation is 2. The number of nitrogens with zero attached hydrogens (tertiary/aromatic N) is 1. The Morgan fingerprint density at radius 2 is 1.88 bits per heavy atom. The van der Waals surface area contributed by atoms with Crippen molar-refractivity contribution in [3.8, 4) is 0 Å². The van der Waals surface area contributed by atoms with Gasteiger partial charge < -0.3 is 0 Å². The average molecular weight is 308 g/mol. The van der Waals surface area contributed by atoms with Crippen molar-refractivity contribution in [2.45, 2.75) is 18.2 Å². The van der Waals surface area contributed by atoms with Gasteiger partial charge in [0.2, 0.25) is 0 Å². The summed E-state index contributed by atoms with van der Waals surface area (Å²) in [4.78, 5) is 5.61. The van der Waals surface area contributed by atoms with Crippen molar-refractivity contribution in [1.82, 2.24) is 4.98 Å². The molecule has 0 fully saturated rings. The van der Waals surface area contributed by atoms with Crippen molar-refractivity contribution in [2.24, 2.45) is 0 Å². The van der Waals surface area contributed by atoms with Crippen LogP contribution in [0.2, 0.25) is 0 Å². The van der Waals surface area contributed by atoms with Crippen molar-refractivity contribution in [3.05, 3.63) is 58.3 Å². The molecule has 88 valence electrons. The molecule has 0 N–H and O–H groups in total. The molecule has 17 heavy (non-hydrogen) atoms. The van der Waals surface area contributed by atoms with Gasteiger partial charge in [-0.05, 0) is 49.2 Å². The molecular weight excluding hydrogens is 294 g/mol. The zero-order chi connectivity index (χ0) is 12.1. The third-order valence-corrected chi connectivity index (χ3v) is 3.99. The lowest BCUT2D eigenvalue weighted by Crippen LogP contribution is -1.90. The highest BCUT2D eigenvalue weighted by molar-refractivity contribution is 9.10. The molecule has 2 rings (SSSR count). The lowest BCUT2D eigenvalue weighted by molar-refractivity contribution is 1.09. The molecule has 0 radical (unpaired) electrons. The van der Waals surface area contributed by atoms with Crippen LogP contribution in [0.4, 0.5) is 0 Å². The molecule has 0 amide bonds. The standard InChI is InChI=1S/C14H14BrNS/c1-11-2-3-12(10-16-11)8-9-17-14-6-4-13(15)5-7-14/h2-7,10H,8-9H2,1H3. The molecule has 0 atom stereocenters. The van der Waals surface area contributed by atoms with Gasteiger partial charge in [0, 0.05) is 27.0 Å². The van der Waals surface area contributed by atoms with Gasteiger partial charge >= 0.3 is 0 Å². The molecule has 3 heteroatoms. The Morgan fingerprint density at radius 3 is 2.53 bits per heavy atom. The topological polar surface area (TPSA) is 12.9 Å². The van der Waals surface area contributed by atoms with Crippen LogP contribution in [0.15, 0.2) is 52.0 Å². The summed E-state index contributed by atoms with van der Waals surface area (Å²) >= 11 is 5.32. The molecule has 1 aromatic heterocycles. The summed E-state index contributed by atoms with van der Waals surface area (Å²) in [7, 11) is 0. The van der Waals surface area contributed by atoms with Gasteiger partial charge in [0.05, 0.1) is 0 Å². The molecule has 0 spiro atoms. The minimum Gasteiger partial charge on any atom is -0.261 e. The van der Waals surface area contributed by atoms with Crippen LogP contribution in [0, 0.1) is 6.92 Å². The minimum absolute atomic E-state index is 1.06. The van der Waals surface area contributed by atoms with Crippen LogP contribution in [0.5, 0.6) is 0 Å². The predicted molar refractivity (Wildman–Crippen MR) is 77.5 cm³/mol. The number of hydrogen-bond acceptors (Lipinski definition) is 2. The molecule has 2 aromatic rings. The van der Waals surface area contributed by atoms with Gasteiger partial charge in [-0.2, -0.15) is 0 Å². The number of halogens is 1. The number of rotatable bonds is 4. The molecule has 0 aliphatic heterocycles. The van der Waals surface area contributed by atoms with E-state index in [0.717, 1.165) is 22.3 Å². The van der Waals surface area contributed by atoms with Crippen LogP contribution in [0.25, 0.3) is 0 Å². The zero-order valence-electron chi connectivity index (χ0n) is 9.69. The first kappa shape index (κ1) is 12.7. The largest absolute Gasteiger partial charge is 0.261 e. The monoisotopic (exact) mass is 307 g/mol. The van der Waals surface area contributed by atoms with E-state index in [1.165, 1.54) is 10.5 Å². The quantitative estimate of drug-likeness (QED) is 0.772. The first-order valence-electron chi connectivity index (χ1n) is 5.54.